The van der Waals surface area contributed by atoms with Crippen LogP contribution in [0.5, 0.6) is 0 Å². The predicted octanol–water partition coefficient (Wildman–Crippen LogP) is 6.78. The van der Waals surface area contributed by atoms with Gasteiger partial charge in [0, 0.05) is 51.0 Å². The van der Waals surface area contributed by atoms with Gasteiger partial charge in [0.2, 0.25) is 11.9 Å². The smallest absolute Gasteiger partial charge is 0.225 e. The standard InChI is InChI=1S/C19H17N7S.C17H15N5S/c20-12-14(18-24-16-4-1-2-5-17(16)27-18)15-6-8-23-19(25-15)22-7-3-10-26-11-9-21-13-26;18-11-12(16-20-14-5-1-2-6-15(14)23-16)13-7-8-19-17(21-13)22-9-3-4-10-22/h1-2,4-6,8-9,11,13-14H,3,7,10H2,(H,22,23,25);1-2,5-8,12H,3-4,9-10H2. The topological polar surface area (TPSA) is 158 Å². The number of rotatable bonds is 10. The maximum absolute atomic E-state index is 9.70. The van der Waals surface area contributed by atoms with Crippen LogP contribution in [0, 0.1) is 22.7 Å². The molecule has 0 amide bonds. The van der Waals surface area contributed by atoms with E-state index < -0.39 is 11.8 Å². The number of nitrogens with zero attached hydrogens (tertiary/aromatic N) is 11. The Labute approximate surface area is 296 Å². The fraction of sp³-hybridized carbons (Fsp3) is 0.250. The lowest BCUT2D eigenvalue weighted by molar-refractivity contribution is 0.659. The van der Waals surface area contributed by atoms with Crippen LogP contribution in [-0.4, -0.2) is 59.1 Å². The highest BCUT2D eigenvalue weighted by atomic mass is 32.1. The normalized spacial score (nSPS) is 13.7. The largest absolute Gasteiger partial charge is 0.354 e. The monoisotopic (exact) mass is 696 g/mol. The van der Waals surface area contributed by atoms with E-state index in [0.717, 1.165) is 74.7 Å². The van der Waals surface area contributed by atoms with Crippen molar-refractivity contribution in [3.8, 4) is 12.1 Å². The highest BCUT2D eigenvalue weighted by molar-refractivity contribution is 7.19. The van der Waals surface area contributed by atoms with Crippen LogP contribution in [0.3, 0.4) is 0 Å². The van der Waals surface area contributed by atoms with Gasteiger partial charge in [-0.25, -0.2) is 34.9 Å². The molecule has 14 heteroatoms. The van der Waals surface area contributed by atoms with Crippen molar-refractivity contribution < 1.29 is 0 Å². The summed E-state index contributed by atoms with van der Waals surface area (Å²) >= 11 is 3.08. The lowest BCUT2D eigenvalue weighted by atomic mass is 10.1. The summed E-state index contributed by atoms with van der Waals surface area (Å²) in [6.45, 7) is 3.59. The van der Waals surface area contributed by atoms with Gasteiger partial charge in [-0.05, 0) is 55.7 Å². The van der Waals surface area contributed by atoms with Crippen molar-refractivity contribution in [2.24, 2.45) is 0 Å². The van der Waals surface area contributed by atoms with E-state index in [1.807, 2.05) is 65.4 Å². The molecule has 2 aromatic carbocycles. The van der Waals surface area contributed by atoms with Gasteiger partial charge in [0.15, 0.2) is 0 Å². The van der Waals surface area contributed by atoms with Crippen molar-refractivity contribution in [1.82, 2.24) is 39.5 Å². The maximum Gasteiger partial charge on any atom is 0.225 e. The van der Waals surface area contributed by atoms with Gasteiger partial charge in [0.1, 0.15) is 21.9 Å². The van der Waals surface area contributed by atoms with E-state index in [4.69, 9.17) is 0 Å². The Bertz CT molecular complexity index is 2190. The number of aromatic nitrogens is 8. The number of thiazole rings is 2. The second-order valence-corrected chi connectivity index (χ2v) is 13.6. The zero-order valence-electron chi connectivity index (χ0n) is 27.0. The third-order valence-corrected chi connectivity index (χ3v) is 10.3. The molecule has 1 saturated heterocycles. The molecular formula is C36H32N12S2. The fourth-order valence-electron chi connectivity index (χ4n) is 5.61. The third kappa shape index (κ3) is 7.57. The SMILES string of the molecule is N#CC(c1ccnc(N2CCCC2)n1)c1nc2ccccc2s1.N#CC(c1ccnc(NCCCn2ccnc2)n1)c1nc2ccccc2s1. The molecule has 0 radical (unpaired) electrons. The zero-order chi connectivity index (χ0) is 34.1. The highest BCUT2D eigenvalue weighted by Crippen LogP contribution is 2.32. The molecule has 2 atom stereocenters. The maximum atomic E-state index is 9.70. The summed E-state index contributed by atoms with van der Waals surface area (Å²) in [5, 5.41) is 24.1. The Morgan fingerprint density at radius 2 is 1.36 bits per heavy atom. The Kier molecular flexibility index (Phi) is 10.2. The number of benzene rings is 2. The van der Waals surface area contributed by atoms with Gasteiger partial charge in [-0.2, -0.15) is 10.5 Å². The number of anilines is 2. The summed E-state index contributed by atoms with van der Waals surface area (Å²) in [5.74, 6) is 0.300. The number of imidazole rings is 1. The van der Waals surface area contributed by atoms with Crippen LogP contribution in [0.2, 0.25) is 0 Å². The molecule has 0 aliphatic carbocycles. The van der Waals surface area contributed by atoms with Crippen LogP contribution >= 0.6 is 22.7 Å². The molecule has 1 aliphatic heterocycles. The van der Waals surface area contributed by atoms with E-state index >= 15 is 0 Å². The molecule has 1 fully saturated rings. The molecule has 50 heavy (non-hydrogen) atoms. The molecule has 2 unspecified atom stereocenters. The first-order valence-electron chi connectivity index (χ1n) is 16.3. The number of aryl methyl sites for hydroxylation is 1. The quantitative estimate of drug-likeness (QED) is 0.150. The van der Waals surface area contributed by atoms with Gasteiger partial charge < -0.3 is 14.8 Å². The minimum Gasteiger partial charge on any atom is -0.354 e. The van der Waals surface area contributed by atoms with E-state index in [2.05, 4.69) is 57.2 Å². The molecule has 8 rings (SSSR count). The average Bonchev–Trinajstić information content (AvgIpc) is 3.99. The molecule has 248 valence electrons. The van der Waals surface area contributed by atoms with Crippen molar-refractivity contribution >= 4 is 55.0 Å². The van der Waals surface area contributed by atoms with Crippen LogP contribution in [0.15, 0.2) is 91.8 Å². The first kappa shape index (κ1) is 32.7. The Morgan fingerprint density at radius 3 is 1.96 bits per heavy atom. The molecule has 0 saturated carbocycles. The lowest BCUT2D eigenvalue weighted by Crippen LogP contribution is -2.21. The van der Waals surface area contributed by atoms with Crippen LogP contribution in [0.1, 0.15) is 52.5 Å². The van der Waals surface area contributed by atoms with Gasteiger partial charge in [0.25, 0.3) is 0 Å². The Morgan fingerprint density at radius 1 is 0.740 bits per heavy atom. The Hall–Kier alpha value is -5.83. The lowest BCUT2D eigenvalue weighted by Gasteiger charge is -2.16. The van der Waals surface area contributed by atoms with Crippen molar-refractivity contribution in [2.45, 2.75) is 37.6 Å². The van der Waals surface area contributed by atoms with Crippen LogP contribution in [0.4, 0.5) is 11.9 Å². The summed E-state index contributed by atoms with van der Waals surface area (Å²) < 4.78 is 4.19. The number of hydrogen-bond donors (Lipinski definition) is 1. The van der Waals surface area contributed by atoms with Crippen molar-refractivity contribution in [3.05, 3.63) is 113 Å². The van der Waals surface area contributed by atoms with Gasteiger partial charge in [0.05, 0.1) is 50.3 Å². The second kappa shape index (κ2) is 15.6. The molecule has 7 aromatic rings. The molecule has 1 N–H and O–H groups in total. The fourth-order valence-corrected chi connectivity index (χ4v) is 7.67. The third-order valence-electron chi connectivity index (χ3n) is 8.13. The molecule has 0 bridgehead atoms. The molecular weight excluding hydrogens is 665 g/mol. The van der Waals surface area contributed by atoms with E-state index in [0.29, 0.717) is 11.6 Å². The van der Waals surface area contributed by atoms with E-state index in [1.165, 1.54) is 24.2 Å². The van der Waals surface area contributed by atoms with Crippen molar-refractivity contribution in [1.29, 1.82) is 10.5 Å². The highest BCUT2D eigenvalue weighted by Gasteiger charge is 2.23. The molecule has 5 aromatic heterocycles. The number of fused-ring (bicyclic) bond motifs is 2. The molecule has 1 aliphatic rings. The van der Waals surface area contributed by atoms with Gasteiger partial charge in [-0.1, -0.05) is 24.3 Å². The summed E-state index contributed by atoms with van der Waals surface area (Å²) in [6.07, 6.45) is 12.2. The Balaban J connectivity index is 0.000000159. The minimum absolute atomic E-state index is 0.447. The predicted molar refractivity (Wildman–Crippen MR) is 195 cm³/mol. The number of nitriles is 2. The van der Waals surface area contributed by atoms with Crippen LogP contribution < -0.4 is 10.2 Å². The number of hydrogen-bond acceptors (Lipinski definition) is 13. The average molecular weight is 697 g/mol. The first-order valence-corrected chi connectivity index (χ1v) is 17.9. The van der Waals surface area contributed by atoms with Crippen LogP contribution in [-0.2, 0) is 6.54 Å². The van der Waals surface area contributed by atoms with Crippen molar-refractivity contribution in [3.63, 3.8) is 0 Å². The molecule has 0 spiro atoms. The molecule has 6 heterocycles. The summed E-state index contributed by atoms with van der Waals surface area (Å²) in [7, 11) is 0. The van der Waals surface area contributed by atoms with E-state index in [9.17, 15) is 10.5 Å². The summed E-state index contributed by atoms with van der Waals surface area (Å²) in [6, 6.07) is 24.1. The summed E-state index contributed by atoms with van der Waals surface area (Å²) in [4.78, 5) is 33.2. The second-order valence-electron chi connectivity index (χ2n) is 11.5. The zero-order valence-corrected chi connectivity index (χ0v) is 28.6. The molecule has 12 nitrogen and oxygen atoms in total. The van der Waals surface area contributed by atoms with Crippen LogP contribution in [0.25, 0.3) is 20.4 Å². The van der Waals surface area contributed by atoms with Gasteiger partial charge in [-0.15, -0.1) is 22.7 Å². The number of para-hydroxylation sites is 2. The van der Waals surface area contributed by atoms with E-state index in [-0.39, 0.29) is 0 Å². The first-order chi connectivity index (χ1) is 24.7. The number of nitrogens with one attached hydrogen (secondary N) is 1. The van der Waals surface area contributed by atoms with Gasteiger partial charge in [-0.3, -0.25) is 0 Å². The van der Waals surface area contributed by atoms with Crippen molar-refractivity contribution in [2.75, 3.05) is 29.9 Å². The van der Waals surface area contributed by atoms with E-state index in [1.54, 1.807) is 42.3 Å². The van der Waals surface area contributed by atoms with Gasteiger partial charge >= 0.3 is 0 Å². The minimum atomic E-state index is -0.503. The summed E-state index contributed by atoms with van der Waals surface area (Å²) in [5.41, 5.74) is 3.22.